The van der Waals surface area contributed by atoms with E-state index < -0.39 is 0 Å². The minimum absolute atomic E-state index is 0.867. The highest BCUT2D eigenvalue weighted by Gasteiger charge is 2.04. The van der Waals surface area contributed by atoms with Crippen LogP contribution in [0.2, 0.25) is 0 Å². The van der Waals surface area contributed by atoms with Crippen LogP contribution in [0, 0.1) is 0 Å². The molecule has 0 fully saturated rings. The second-order valence-corrected chi connectivity index (χ2v) is 4.78. The lowest BCUT2D eigenvalue weighted by Crippen LogP contribution is -1.97. The molecule has 0 bridgehead atoms. The topological polar surface area (TPSA) is 30.7 Å². The molecule has 18 heavy (non-hydrogen) atoms. The molecular weight excluding hydrogens is 290 g/mol. The van der Waals surface area contributed by atoms with Crippen LogP contribution in [0.4, 0.5) is 0 Å². The average molecular weight is 300 g/mol. The van der Waals surface area contributed by atoms with Crippen LogP contribution in [0.25, 0.3) is 16.9 Å². The Hall–Kier alpha value is -1.94. The molecule has 0 aliphatic heterocycles. The molecule has 0 aliphatic carbocycles. The highest BCUT2D eigenvalue weighted by Crippen LogP contribution is 2.19. The fourth-order valence-electron chi connectivity index (χ4n) is 1.70. The van der Waals surface area contributed by atoms with Crippen LogP contribution in [-0.2, 0) is 0 Å². The van der Waals surface area contributed by atoms with Gasteiger partial charge in [0.25, 0.3) is 0 Å². The van der Waals surface area contributed by atoms with Crippen molar-refractivity contribution >= 4 is 15.9 Å². The molecule has 88 valence electrons. The smallest absolute Gasteiger partial charge is 0.113 e. The third-order valence-corrected chi connectivity index (χ3v) is 3.15. The van der Waals surface area contributed by atoms with Gasteiger partial charge in [0.05, 0.1) is 11.9 Å². The van der Waals surface area contributed by atoms with E-state index in [1.165, 1.54) is 0 Å². The Labute approximate surface area is 113 Å². The summed E-state index contributed by atoms with van der Waals surface area (Å²) in [6.45, 7) is 0. The van der Waals surface area contributed by atoms with E-state index in [4.69, 9.17) is 0 Å². The van der Waals surface area contributed by atoms with Crippen molar-refractivity contribution in [3.8, 4) is 16.9 Å². The molecule has 0 radical (unpaired) electrons. The first kappa shape index (κ1) is 11.2. The van der Waals surface area contributed by atoms with E-state index in [0.717, 1.165) is 21.4 Å². The van der Waals surface area contributed by atoms with Crippen molar-refractivity contribution in [1.82, 2.24) is 15.0 Å². The lowest BCUT2D eigenvalue weighted by molar-refractivity contribution is 0.754. The van der Waals surface area contributed by atoms with Crippen LogP contribution in [0.5, 0.6) is 0 Å². The van der Waals surface area contributed by atoms with Crippen molar-refractivity contribution in [3.05, 3.63) is 65.3 Å². The Morgan fingerprint density at radius 2 is 1.61 bits per heavy atom. The summed E-state index contributed by atoms with van der Waals surface area (Å²) in [5.41, 5.74) is 2.88. The van der Waals surface area contributed by atoms with Crippen molar-refractivity contribution in [2.75, 3.05) is 0 Å². The molecule has 1 aromatic heterocycles. The number of para-hydroxylation sites is 1. The molecule has 0 amide bonds. The third kappa shape index (κ3) is 2.19. The van der Waals surface area contributed by atoms with E-state index in [1.807, 2.05) is 54.6 Å². The molecule has 2 aromatic carbocycles. The Balaban J connectivity index is 1.97. The molecule has 4 heteroatoms. The van der Waals surface area contributed by atoms with Crippen LogP contribution in [0.15, 0.2) is 65.3 Å². The summed E-state index contributed by atoms with van der Waals surface area (Å²) in [7, 11) is 0. The van der Waals surface area contributed by atoms with Crippen LogP contribution < -0.4 is 0 Å². The van der Waals surface area contributed by atoms with Crippen molar-refractivity contribution in [1.29, 1.82) is 0 Å². The van der Waals surface area contributed by atoms with Gasteiger partial charge >= 0.3 is 0 Å². The lowest BCUT2D eigenvalue weighted by Gasteiger charge is -1.98. The predicted octanol–water partition coefficient (Wildman–Crippen LogP) is 3.70. The summed E-state index contributed by atoms with van der Waals surface area (Å²) in [6, 6.07) is 17.9. The normalized spacial score (nSPS) is 10.5. The molecule has 0 N–H and O–H groups in total. The zero-order valence-electron chi connectivity index (χ0n) is 9.49. The quantitative estimate of drug-likeness (QED) is 0.722. The van der Waals surface area contributed by atoms with Crippen molar-refractivity contribution in [3.63, 3.8) is 0 Å². The Bertz CT molecular complexity index is 644. The summed E-state index contributed by atoms with van der Waals surface area (Å²) >= 11 is 3.42. The monoisotopic (exact) mass is 299 g/mol. The second kappa shape index (κ2) is 4.74. The summed E-state index contributed by atoms with van der Waals surface area (Å²) < 4.78 is 1.06. The Morgan fingerprint density at radius 1 is 0.889 bits per heavy atom. The minimum atomic E-state index is 0.867. The van der Waals surface area contributed by atoms with Crippen molar-refractivity contribution in [2.24, 2.45) is 0 Å². The van der Waals surface area contributed by atoms with E-state index in [9.17, 15) is 0 Å². The second-order valence-electron chi connectivity index (χ2n) is 3.86. The first-order chi connectivity index (χ1) is 8.83. The van der Waals surface area contributed by atoms with Gasteiger partial charge in [0, 0.05) is 10.0 Å². The number of halogens is 1. The van der Waals surface area contributed by atoms with Gasteiger partial charge in [-0.3, -0.25) is 0 Å². The van der Waals surface area contributed by atoms with Gasteiger partial charge in [0.1, 0.15) is 5.69 Å². The SMILES string of the molecule is Brc1ccc(-c2cnn(-c3ccccc3)n2)cc1. The highest BCUT2D eigenvalue weighted by atomic mass is 79.9. The molecule has 3 aromatic rings. The molecule has 1 heterocycles. The largest absolute Gasteiger partial charge is 0.156 e. The highest BCUT2D eigenvalue weighted by molar-refractivity contribution is 9.10. The third-order valence-electron chi connectivity index (χ3n) is 2.62. The van der Waals surface area contributed by atoms with Crippen LogP contribution >= 0.6 is 15.9 Å². The molecule has 0 aliphatic rings. The average Bonchev–Trinajstić information content (AvgIpc) is 2.90. The molecule has 0 spiro atoms. The first-order valence-corrected chi connectivity index (χ1v) is 6.36. The van der Waals surface area contributed by atoms with Gasteiger partial charge in [-0.1, -0.05) is 46.3 Å². The van der Waals surface area contributed by atoms with Gasteiger partial charge in [-0.25, -0.2) is 0 Å². The van der Waals surface area contributed by atoms with Crippen LogP contribution in [0.3, 0.4) is 0 Å². The summed E-state index contributed by atoms with van der Waals surface area (Å²) in [5.74, 6) is 0. The maximum Gasteiger partial charge on any atom is 0.113 e. The minimum Gasteiger partial charge on any atom is -0.156 e. The molecule has 3 nitrogen and oxygen atoms in total. The molecule has 0 unspecified atom stereocenters. The fraction of sp³-hybridized carbons (Fsp3) is 0. The van der Waals surface area contributed by atoms with Gasteiger partial charge in [-0.05, 0) is 24.3 Å². The van der Waals surface area contributed by atoms with Crippen LogP contribution in [-0.4, -0.2) is 15.0 Å². The zero-order chi connectivity index (χ0) is 12.4. The van der Waals surface area contributed by atoms with E-state index in [2.05, 4.69) is 26.1 Å². The maximum atomic E-state index is 4.47. The number of aromatic nitrogens is 3. The zero-order valence-corrected chi connectivity index (χ0v) is 11.1. The summed E-state index contributed by atoms with van der Waals surface area (Å²) in [5, 5.41) is 8.75. The van der Waals surface area contributed by atoms with E-state index in [0.29, 0.717) is 0 Å². The predicted molar refractivity (Wildman–Crippen MR) is 74.5 cm³/mol. The summed E-state index contributed by atoms with van der Waals surface area (Å²) in [4.78, 5) is 1.64. The molecule has 0 saturated carbocycles. The fourth-order valence-corrected chi connectivity index (χ4v) is 1.97. The number of hydrogen-bond acceptors (Lipinski definition) is 2. The lowest BCUT2D eigenvalue weighted by atomic mass is 10.2. The molecular formula is C14H10BrN3. The van der Waals surface area contributed by atoms with E-state index in [1.54, 1.807) is 11.0 Å². The van der Waals surface area contributed by atoms with Gasteiger partial charge in [-0.2, -0.15) is 9.90 Å². The molecule has 0 saturated heterocycles. The van der Waals surface area contributed by atoms with E-state index in [-0.39, 0.29) is 0 Å². The Morgan fingerprint density at radius 3 is 2.33 bits per heavy atom. The van der Waals surface area contributed by atoms with Crippen LogP contribution in [0.1, 0.15) is 0 Å². The number of rotatable bonds is 2. The number of nitrogens with zero attached hydrogens (tertiary/aromatic N) is 3. The van der Waals surface area contributed by atoms with E-state index >= 15 is 0 Å². The summed E-state index contributed by atoms with van der Waals surface area (Å²) in [6.07, 6.45) is 1.77. The molecule has 0 atom stereocenters. The number of hydrogen-bond donors (Lipinski definition) is 0. The van der Waals surface area contributed by atoms with Crippen molar-refractivity contribution < 1.29 is 0 Å². The first-order valence-electron chi connectivity index (χ1n) is 5.57. The van der Waals surface area contributed by atoms with Gasteiger partial charge in [0.15, 0.2) is 0 Å². The van der Waals surface area contributed by atoms with Gasteiger partial charge in [-0.15, -0.1) is 5.10 Å². The van der Waals surface area contributed by atoms with Gasteiger partial charge in [0.2, 0.25) is 0 Å². The maximum absolute atomic E-state index is 4.47. The number of benzene rings is 2. The molecule has 3 rings (SSSR count). The van der Waals surface area contributed by atoms with Crippen molar-refractivity contribution in [2.45, 2.75) is 0 Å². The standard InChI is InChI=1S/C14H10BrN3/c15-12-8-6-11(7-9-12)14-10-16-18(17-14)13-4-2-1-3-5-13/h1-10H. The van der Waals surface area contributed by atoms with Gasteiger partial charge < -0.3 is 0 Å². The Kier molecular flexibility index (Phi) is 2.94.